The average molecular weight is 281 g/mol. The standard InChI is InChI=1S/C7H5N2.3CH3.Sn/c1-2-4-7-6(3-1)5-8-9-7;;;;/h1-4H,(H,8,9);3*1H3;. The molecule has 68 valence electrons. The molecule has 1 aromatic carbocycles. The van der Waals surface area contributed by atoms with Crippen LogP contribution in [0, 0.1) is 0 Å². The summed E-state index contributed by atoms with van der Waals surface area (Å²) in [4.78, 5) is 7.19. The van der Waals surface area contributed by atoms with Crippen molar-refractivity contribution in [3.63, 3.8) is 0 Å². The van der Waals surface area contributed by atoms with E-state index >= 15 is 0 Å². The fourth-order valence-corrected chi connectivity index (χ4v) is 5.56. The Morgan fingerprint density at radius 2 is 1.85 bits per heavy atom. The van der Waals surface area contributed by atoms with E-state index in [2.05, 4.69) is 43.2 Å². The van der Waals surface area contributed by atoms with E-state index in [0.717, 1.165) is 5.52 Å². The van der Waals surface area contributed by atoms with Crippen molar-refractivity contribution in [3.05, 3.63) is 24.3 Å². The molecule has 0 bridgehead atoms. The molecule has 2 aromatic rings. The van der Waals surface area contributed by atoms with Gasteiger partial charge in [-0.25, -0.2) is 0 Å². The molecule has 0 amide bonds. The molecular weight excluding hydrogens is 267 g/mol. The molecule has 1 N–H and O–H groups in total. The number of para-hydroxylation sites is 1. The summed E-state index contributed by atoms with van der Waals surface area (Å²) >= 11 is -1.98. The minimum atomic E-state index is -1.98. The number of aromatic nitrogens is 2. The fraction of sp³-hybridized carbons (Fsp3) is 0.300. The van der Waals surface area contributed by atoms with Crippen LogP contribution in [0.4, 0.5) is 0 Å². The van der Waals surface area contributed by atoms with Crippen LogP contribution in [0.1, 0.15) is 0 Å². The zero-order valence-corrected chi connectivity index (χ0v) is 11.1. The SMILES string of the molecule is [CH3][Sn]([CH3])([CH3])[c]1[nH]nc2ccccc12. The number of benzene rings is 1. The van der Waals surface area contributed by atoms with Gasteiger partial charge in [-0.2, -0.15) is 0 Å². The van der Waals surface area contributed by atoms with Crippen molar-refractivity contribution in [1.82, 2.24) is 10.2 Å². The molecule has 0 saturated heterocycles. The first-order chi connectivity index (χ1) is 6.09. The summed E-state index contributed by atoms with van der Waals surface area (Å²) in [5.74, 6) is 0. The second-order valence-corrected chi connectivity index (χ2v) is 18.6. The predicted molar refractivity (Wildman–Crippen MR) is 59.1 cm³/mol. The molecule has 1 aromatic heterocycles. The number of aromatic amines is 1. The first kappa shape index (κ1) is 9.06. The van der Waals surface area contributed by atoms with Crippen LogP contribution < -0.4 is 3.71 Å². The van der Waals surface area contributed by atoms with Crippen LogP contribution >= 0.6 is 0 Å². The number of hydrogen-bond acceptors (Lipinski definition) is 1. The summed E-state index contributed by atoms with van der Waals surface area (Å²) < 4.78 is 1.42. The van der Waals surface area contributed by atoms with E-state index in [9.17, 15) is 0 Å². The number of nitrogens with zero attached hydrogens (tertiary/aromatic N) is 1. The zero-order valence-electron chi connectivity index (χ0n) is 8.26. The van der Waals surface area contributed by atoms with Crippen LogP contribution in [0.25, 0.3) is 10.9 Å². The van der Waals surface area contributed by atoms with Gasteiger partial charge in [0.1, 0.15) is 0 Å². The predicted octanol–water partition coefficient (Wildman–Crippen LogP) is 2.11. The Kier molecular flexibility index (Phi) is 2.10. The summed E-state index contributed by atoms with van der Waals surface area (Å²) in [5, 5.41) is 8.83. The van der Waals surface area contributed by atoms with Crippen LogP contribution in [0.5, 0.6) is 0 Å². The Labute approximate surface area is 82.2 Å². The third kappa shape index (κ3) is 1.59. The van der Waals surface area contributed by atoms with Gasteiger partial charge >= 0.3 is 82.3 Å². The molecule has 0 radical (unpaired) electrons. The molecule has 0 aliphatic carbocycles. The number of nitrogens with one attached hydrogen (secondary N) is 1. The molecule has 3 heteroatoms. The Balaban J connectivity index is 2.72. The molecule has 2 nitrogen and oxygen atoms in total. The van der Waals surface area contributed by atoms with Gasteiger partial charge in [0.25, 0.3) is 0 Å². The number of fused-ring (bicyclic) bond motifs is 1. The third-order valence-corrected chi connectivity index (χ3v) is 7.58. The Bertz CT molecular complexity index is 426. The average Bonchev–Trinajstić information content (AvgIpc) is 2.45. The van der Waals surface area contributed by atoms with Crippen LogP contribution in [-0.4, -0.2) is 28.6 Å². The van der Waals surface area contributed by atoms with Gasteiger partial charge in [-0.3, -0.25) is 0 Å². The summed E-state index contributed by atoms with van der Waals surface area (Å²) in [6.45, 7) is 0. The van der Waals surface area contributed by atoms with Crippen LogP contribution in [0.2, 0.25) is 14.8 Å². The summed E-state index contributed by atoms with van der Waals surface area (Å²) in [6.07, 6.45) is 0. The van der Waals surface area contributed by atoms with Crippen molar-refractivity contribution < 1.29 is 0 Å². The maximum atomic E-state index is 4.31. The number of rotatable bonds is 1. The van der Waals surface area contributed by atoms with Crippen molar-refractivity contribution in [1.29, 1.82) is 0 Å². The molecule has 0 spiro atoms. The molecule has 0 fully saturated rings. The van der Waals surface area contributed by atoms with E-state index < -0.39 is 18.4 Å². The van der Waals surface area contributed by atoms with Gasteiger partial charge < -0.3 is 0 Å². The summed E-state index contributed by atoms with van der Waals surface area (Å²) in [6, 6.07) is 8.34. The Morgan fingerprint density at radius 1 is 1.15 bits per heavy atom. The second-order valence-electron chi connectivity index (χ2n) is 4.37. The van der Waals surface area contributed by atoms with E-state index in [1.54, 1.807) is 0 Å². The molecule has 0 saturated carbocycles. The Hall–Kier alpha value is -0.511. The molecule has 2 rings (SSSR count). The minimum absolute atomic E-state index is 1.10. The van der Waals surface area contributed by atoms with Crippen molar-refractivity contribution in [2.75, 3.05) is 0 Å². The van der Waals surface area contributed by atoms with Gasteiger partial charge in [-0.15, -0.1) is 0 Å². The van der Waals surface area contributed by atoms with Crippen LogP contribution in [-0.2, 0) is 0 Å². The fourth-order valence-electron chi connectivity index (χ4n) is 1.53. The van der Waals surface area contributed by atoms with Crippen LogP contribution in [0.15, 0.2) is 24.3 Å². The summed E-state index contributed by atoms with van der Waals surface area (Å²) in [7, 11) is 0. The van der Waals surface area contributed by atoms with Crippen molar-refractivity contribution in [2.24, 2.45) is 0 Å². The van der Waals surface area contributed by atoms with Crippen LogP contribution in [0.3, 0.4) is 0 Å². The monoisotopic (exact) mass is 282 g/mol. The normalized spacial score (nSPS) is 12.2. The van der Waals surface area contributed by atoms with Gasteiger partial charge in [0.2, 0.25) is 0 Å². The molecule has 1 heterocycles. The first-order valence-electron chi connectivity index (χ1n) is 4.52. The molecular formula is C10H14N2Sn. The van der Waals surface area contributed by atoms with Crippen molar-refractivity contribution in [2.45, 2.75) is 14.8 Å². The van der Waals surface area contributed by atoms with E-state index in [1.165, 1.54) is 9.10 Å². The van der Waals surface area contributed by atoms with E-state index in [0.29, 0.717) is 0 Å². The third-order valence-electron chi connectivity index (χ3n) is 2.21. The van der Waals surface area contributed by atoms with Gasteiger partial charge in [-0.1, -0.05) is 0 Å². The van der Waals surface area contributed by atoms with Crippen molar-refractivity contribution >= 4 is 33.0 Å². The first-order valence-corrected chi connectivity index (χ1v) is 14.5. The van der Waals surface area contributed by atoms with Gasteiger partial charge in [0.15, 0.2) is 0 Å². The van der Waals surface area contributed by atoms with Gasteiger partial charge in [0, 0.05) is 0 Å². The number of H-pyrrole nitrogens is 1. The maximum absolute atomic E-state index is 4.31. The van der Waals surface area contributed by atoms with E-state index in [1.807, 2.05) is 6.07 Å². The van der Waals surface area contributed by atoms with Gasteiger partial charge in [-0.05, 0) is 0 Å². The van der Waals surface area contributed by atoms with E-state index in [-0.39, 0.29) is 0 Å². The number of hydrogen-bond donors (Lipinski definition) is 1. The Morgan fingerprint density at radius 3 is 2.54 bits per heavy atom. The molecule has 0 aliphatic heterocycles. The molecule has 13 heavy (non-hydrogen) atoms. The molecule has 0 unspecified atom stereocenters. The quantitative estimate of drug-likeness (QED) is 0.797. The van der Waals surface area contributed by atoms with Crippen molar-refractivity contribution in [3.8, 4) is 0 Å². The molecule has 0 aliphatic rings. The second kappa shape index (κ2) is 3.01. The molecule has 0 atom stereocenters. The topological polar surface area (TPSA) is 28.7 Å². The zero-order chi connectivity index (χ0) is 9.47. The van der Waals surface area contributed by atoms with Gasteiger partial charge in [0.05, 0.1) is 0 Å². The summed E-state index contributed by atoms with van der Waals surface area (Å²) in [5.41, 5.74) is 1.10. The van der Waals surface area contributed by atoms with E-state index in [4.69, 9.17) is 0 Å².